The number of fused-ring (bicyclic) bond motifs is 2. The summed E-state index contributed by atoms with van der Waals surface area (Å²) in [5, 5.41) is 15.7. The van der Waals surface area contributed by atoms with Gasteiger partial charge in [0.25, 0.3) is 5.91 Å². The van der Waals surface area contributed by atoms with Crippen LogP contribution in [0.25, 0.3) is 11.3 Å². The average Bonchev–Trinajstić information content (AvgIpc) is 3.52. The molecule has 0 aromatic heterocycles. The summed E-state index contributed by atoms with van der Waals surface area (Å²) in [6.07, 6.45) is 4.32. The molecule has 0 radical (unpaired) electrons. The molecule has 3 aromatic carbocycles. The first-order chi connectivity index (χ1) is 19.0. The van der Waals surface area contributed by atoms with Gasteiger partial charge in [-0.2, -0.15) is 0 Å². The molecule has 0 unspecified atom stereocenters. The van der Waals surface area contributed by atoms with Crippen molar-refractivity contribution < 1.29 is 19.5 Å². The molecule has 0 bridgehead atoms. The fraction of sp³-hybridized carbons (Fsp3) is 0.258. The van der Waals surface area contributed by atoms with Crippen molar-refractivity contribution >= 4 is 46.1 Å². The zero-order chi connectivity index (χ0) is 26.9. The second kappa shape index (κ2) is 10.4. The van der Waals surface area contributed by atoms with E-state index in [1.807, 2.05) is 53.4 Å². The highest BCUT2D eigenvalue weighted by molar-refractivity contribution is 6.37. The van der Waals surface area contributed by atoms with Crippen LogP contribution in [0.4, 0.5) is 17.1 Å². The second-order valence-electron chi connectivity index (χ2n) is 10.2. The first-order valence-corrected chi connectivity index (χ1v) is 13.4. The Hall–Kier alpha value is -4.43. The smallest absolute Gasteiger partial charge is 0.335 e. The van der Waals surface area contributed by atoms with E-state index in [2.05, 4.69) is 15.5 Å². The molecule has 0 aliphatic carbocycles. The van der Waals surface area contributed by atoms with Crippen molar-refractivity contribution in [2.75, 3.05) is 41.7 Å². The van der Waals surface area contributed by atoms with Gasteiger partial charge in [0.05, 0.1) is 29.1 Å². The molecule has 8 heteroatoms. The van der Waals surface area contributed by atoms with Crippen molar-refractivity contribution in [3.63, 3.8) is 0 Å². The first kappa shape index (κ1) is 24.9. The number of piperidine rings is 1. The molecular weight excluding hydrogens is 492 g/mol. The Morgan fingerprint density at radius 1 is 0.897 bits per heavy atom. The monoisotopic (exact) mass is 522 g/mol. The fourth-order valence-corrected chi connectivity index (χ4v) is 5.71. The highest BCUT2D eigenvalue weighted by Crippen LogP contribution is 2.39. The summed E-state index contributed by atoms with van der Waals surface area (Å²) >= 11 is 0. The number of aromatic carboxylic acids is 1. The van der Waals surface area contributed by atoms with Crippen LogP contribution in [0.5, 0.6) is 0 Å². The maximum Gasteiger partial charge on any atom is 0.335 e. The lowest BCUT2D eigenvalue weighted by atomic mass is 9.99. The molecule has 0 spiro atoms. The normalized spacial score (nSPS) is 17.8. The number of carbonyl (C=O) groups excluding carboxylic acids is 2. The van der Waals surface area contributed by atoms with E-state index in [1.165, 1.54) is 18.6 Å². The van der Waals surface area contributed by atoms with Crippen LogP contribution in [0, 0.1) is 0 Å². The van der Waals surface area contributed by atoms with Gasteiger partial charge in [0.15, 0.2) is 0 Å². The number of nitrogens with one attached hydrogen (secondary N) is 2. The third-order valence-electron chi connectivity index (χ3n) is 7.68. The minimum atomic E-state index is -1.05. The number of hydrogen-bond acceptors (Lipinski definition) is 5. The number of rotatable bonds is 6. The molecular formula is C31H30N4O4. The van der Waals surface area contributed by atoms with Crippen LogP contribution < -0.4 is 15.5 Å². The standard InChI is InChI=1S/C31H30N4O4/c36-27(19-34-14-5-2-6-15-34)35-16-13-21-17-23(10-12-26(21)35)32-29(20-7-3-1-4-8-20)28-24-11-9-22(31(38)39)18-25(24)33-30(28)37/h1,3-4,7-12,17-18,32H,2,5-6,13-16,19H2,(H,33,37)(H,38,39)/b29-28-. The number of likely N-dealkylation sites (tertiary alicyclic amines) is 1. The van der Waals surface area contributed by atoms with Gasteiger partial charge in [-0.25, -0.2) is 4.79 Å². The van der Waals surface area contributed by atoms with Gasteiger partial charge in [0, 0.05) is 23.5 Å². The molecule has 3 N–H and O–H groups in total. The highest BCUT2D eigenvalue weighted by Gasteiger charge is 2.30. The molecule has 1 saturated heterocycles. The van der Waals surface area contributed by atoms with Crippen LogP contribution in [0.1, 0.15) is 46.3 Å². The van der Waals surface area contributed by atoms with Gasteiger partial charge in [-0.15, -0.1) is 0 Å². The van der Waals surface area contributed by atoms with Crippen molar-refractivity contribution in [2.24, 2.45) is 0 Å². The Balaban J connectivity index is 1.31. The zero-order valence-electron chi connectivity index (χ0n) is 21.6. The quantitative estimate of drug-likeness (QED) is 0.406. The first-order valence-electron chi connectivity index (χ1n) is 13.4. The third kappa shape index (κ3) is 4.91. The molecule has 3 aliphatic rings. The topological polar surface area (TPSA) is 102 Å². The number of anilines is 3. The van der Waals surface area contributed by atoms with Crippen LogP contribution in [0.15, 0.2) is 66.7 Å². The minimum absolute atomic E-state index is 0.113. The Bertz CT molecular complexity index is 1490. The van der Waals surface area contributed by atoms with Crippen LogP contribution in [0.2, 0.25) is 0 Å². The number of amides is 2. The molecule has 0 saturated carbocycles. The van der Waals surface area contributed by atoms with Crippen LogP contribution in [-0.2, 0) is 16.0 Å². The van der Waals surface area contributed by atoms with Crippen molar-refractivity contribution in [3.05, 3.63) is 89.0 Å². The summed E-state index contributed by atoms with van der Waals surface area (Å²) in [6, 6.07) is 20.2. The lowest BCUT2D eigenvalue weighted by molar-refractivity contribution is -0.119. The SMILES string of the molecule is O=C1Nc2cc(C(=O)O)ccc2/C1=C(/Nc1ccc2c(c1)CCN2C(=O)CN1CCCCC1)c1ccccc1. The number of carboxylic acid groups (broad SMARTS) is 1. The predicted octanol–water partition coefficient (Wildman–Crippen LogP) is 4.69. The highest BCUT2D eigenvalue weighted by atomic mass is 16.4. The lowest BCUT2D eigenvalue weighted by Gasteiger charge is -2.28. The molecule has 3 aliphatic heterocycles. The van der Waals surface area contributed by atoms with Crippen LogP contribution in [-0.4, -0.2) is 54.0 Å². The molecule has 39 heavy (non-hydrogen) atoms. The predicted molar refractivity (Wildman–Crippen MR) is 152 cm³/mol. The van der Waals surface area contributed by atoms with Crippen LogP contribution >= 0.6 is 0 Å². The van der Waals surface area contributed by atoms with E-state index in [4.69, 9.17) is 0 Å². The average molecular weight is 523 g/mol. The molecule has 2 amide bonds. The van der Waals surface area contributed by atoms with Gasteiger partial charge >= 0.3 is 5.97 Å². The molecule has 1 fully saturated rings. The summed E-state index contributed by atoms with van der Waals surface area (Å²) in [5.74, 6) is -1.20. The fourth-order valence-electron chi connectivity index (χ4n) is 5.71. The van der Waals surface area contributed by atoms with E-state index < -0.39 is 5.97 Å². The summed E-state index contributed by atoms with van der Waals surface area (Å²) in [5.41, 5.74) is 5.99. The Morgan fingerprint density at radius 3 is 2.46 bits per heavy atom. The summed E-state index contributed by atoms with van der Waals surface area (Å²) in [4.78, 5) is 41.9. The Kier molecular flexibility index (Phi) is 6.62. The van der Waals surface area contributed by atoms with E-state index in [9.17, 15) is 19.5 Å². The van der Waals surface area contributed by atoms with Gasteiger partial charge in [0.2, 0.25) is 5.91 Å². The zero-order valence-corrected chi connectivity index (χ0v) is 21.6. The third-order valence-corrected chi connectivity index (χ3v) is 7.68. The minimum Gasteiger partial charge on any atom is -0.478 e. The van der Waals surface area contributed by atoms with Gasteiger partial charge in [-0.3, -0.25) is 14.5 Å². The summed E-state index contributed by atoms with van der Waals surface area (Å²) < 4.78 is 0. The largest absolute Gasteiger partial charge is 0.478 e. The molecule has 0 atom stereocenters. The number of hydrogen-bond donors (Lipinski definition) is 3. The number of carbonyl (C=O) groups is 3. The van der Waals surface area contributed by atoms with Gasteiger partial charge in [0.1, 0.15) is 0 Å². The van der Waals surface area contributed by atoms with Crippen molar-refractivity contribution in [2.45, 2.75) is 25.7 Å². The maximum atomic E-state index is 13.2. The van der Waals surface area contributed by atoms with Gasteiger partial charge in [-0.1, -0.05) is 42.8 Å². The molecule has 8 nitrogen and oxygen atoms in total. The molecule has 198 valence electrons. The summed E-state index contributed by atoms with van der Waals surface area (Å²) in [7, 11) is 0. The molecule has 3 heterocycles. The van der Waals surface area contributed by atoms with Crippen molar-refractivity contribution in [1.29, 1.82) is 0 Å². The number of nitrogens with zero attached hydrogens (tertiary/aromatic N) is 2. The second-order valence-corrected chi connectivity index (χ2v) is 10.2. The van der Waals surface area contributed by atoms with Crippen molar-refractivity contribution in [3.8, 4) is 0 Å². The van der Waals surface area contributed by atoms with E-state index in [1.54, 1.807) is 6.07 Å². The van der Waals surface area contributed by atoms with E-state index >= 15 is 0 Å². The number of carboxylic acids is 1. The van der Waals surface area contributed by atoms with E-state index in [-0.39, 0.29) is 17.4 Å². The van der Waals surface area contributed by atoms with E-state index in [0.29, 0.717) is 35.6 Å². The maximum absolute atomic E-state index is 13.2. The summed E-state index contributed by atoms with van der Waals surface area (Å²) in [6.45, 7) is 3.10. The van der Waals surface area contributed by atoms with Crippen LogP contribution in [0.3, 0.4) is 0 Å². The lowest BCUT2D eigenvalue weighted by Crippen LogP contribution is -2.41. The molecule has 6 rings (SSSR count). The Labute approximate surface area is 226 Å². The Morgan fingerprint density at radius 2 is 1.69 bits per heavy atom. The van der Waals surface area contributed by atoms with Crippen molar-refractivity contribution in [1.82, 2.24) is 4.90 Å². The van der Waals surface area contributed by atoms with E-state index in [0.717, 1.165) is 54.9 Å². The van der Waals surface area contributed by atoms with Gasteiger partial charge < -0.3 is 20.6 Å². The van der Waals surface area contributed by atoms with Gasteiger partial charge in [-0.05, 0) is 73.8 Å². The number of benzene rings is 3. The molecule has 3 aromatic rings.